The van der Waals surface area contributed by atoms with E-state index in [2.05, 4.69) is 5.32 Å². The normalized spacial score (nSPS) is 13.5. The molecule has 0 aliphatic heterocycles. The van der Waals surface area contributed by atoms with Crippen LogP contribution in [-0.4, -0.2) is 33.7 Å². The zero-order chi connectivity index (χ0) is 21.1. The fraction of sp³-hybridized carbons (Fsp3) is 0.316. The standard InChI is InChI=1S/C19H22F2N2O4S/c1-12(14-5-8-16(27-3)9-6-14)22-19(24)13(2)23(28(4,25)26)15-7-10-17(20)18(21)11-15/h5-13H,1-4H3,(H,22,24)/t12-,13-/m0/s1. The molecule has 0 fully saturated rings. The zero-order valence-corrected chi connectivity index (χ0v) is 16.8. The quantitative estimate of drug-likeness (QED) is 0.759. The Kier molecular flexibility index (Phi) is 6.60. The summed E-state index contributed by atoms with van der Waals surface area (Å²) in [5.41, 5.74) is 0.654. The van der Waals surface area contributed by atoms with Crippen LogP contribution < -0.4 is 14.4 Å². The van der Waals surface area contributed by atoms with Crippen LogP contribution in [0.2, 0.25) is 0 Å². The number of hydrogen-bond donors (Lipinski definition) is 1. The molecule has 0 spiro atoms. The largest absolute Gasteiger partial charge is 0.497 e. The van der Waals surface area contributed by atoms with Gasteiger partial charge in [0.25, 0.3) is 0 Å². The van der Waals surface area contributed by atoms with Crippen molar-refractivity contribution in [1.82, 2.24) is 5.32 Å². The van der Waals surface area contributed by atoms with Gasteiger partial charge >= 0.3 is 0 Å². The highest BCUT2D eigenvalue weighted by Crippen LogP contribution is 2.24. The van der Waals surface area contributed by atoms with Gasteiger partial charge in [-0.2, -0.15) is 0 Å². The summed E-state index contributed by atoms with van der Waals surface area (Å²) in [6.07, 6.45) is 0.894. The van der Waals surface area contributed by atoms with Gasteiger partial charge < -0.3 is 10.1 Å². The van der Waals surface area contributed by atoms with Gasteiger partial charge in [0, 0.05) is 6.07 Å². The van der Waals surface area contributed by atoms with Gasteiger partial charge in [0.1, 0.15) is 11.8 Å². The molecule has 1 amide bonds. The van der Waals surface area contributed by atoms with Crippen molar-refractivity contribution in [1.29, 1.82) is 0 Å². The van der Waals surface area contributed by atoms with Crippen molar-refractivity contribution in [3.63, 3.8) is 0 Å². The van der Waals surface area contributed by atoms with Crippen LogP contribution in [0.3, 0.4) is 0 Å². The van der Waals surface area contributed by atoms with Crippen molar-refractivity contribution in [3.05, 3.63) is 59.7 Å². The van der Waals surface area contributed by atoms with Crippen molar-refractivity contribution >= 4 is 21.6 Å². The van der Waals surface area contributed by atoms with E-state index in [0.717, 1.165) is 34.3 Å². The second kappa shape index (κ2) is 8.55. The highest BCUT2D eigenvalue weighted by Gasteiger charge is 2.30. The van der Waals surface area contributed by atoms with Gasteiger partial charge in [0.05, 0.1) is 25.1 Å². The lowest BCUT2D eigenvalue weighted by Crippen LogP contribution is -2.48. The minimum atomic E-state index is -3.93. The first-order valence-corrected chi connectivity index (χ1v) is 10.3. The van der Waals surface area contributed by atoms with E-state index in [1.807, 2.05) is 0 Å². The Bertz CT molecular complexity index is 949. The van der Waals surface area contributed by atoms with Crippen LogP contribution in [0.25, 0.3) is 0 Å². The first-order valence-electron chi connectivity index (χ1n) is 8.43. The Morgan fingerprint density at radius 3 is 2.18 bits per heavy atom. The molecule has 6 nitrogen and oxygen atoms in total. The fourth-order valence-corrected chi connectivity index (χ4v) is 3.91. The molecule has 0 bridgehead atoms. The minimum absolute atomic E-state index is 0.138. The summed E-state index contributed by atoms with van der Waals surface area (Å²) in [7, 11) is -2.39. The van der Waals surface area contributed by atoms with Crippen molar-refractivity contribution in [2.45, 2.75) is 25.9 Å². The molecule has 0 saturated carbocycles. The van der Waals surface area contributed by atoms with Gasteiger partial charge in [-0.05, 0) is 43.7 Å². The van der Waals surface area contributed by atoms with E-state index in [9.17, 15) is 22.0 Å². The van der Waals surface area contributed by atoms with Crippen LogP contribution >= 0.6 is 0 Å². The first kappa shape index (κ1) is 21.6. The van der Waals surface area contributed by atoms with Crippen LogP contribution in [0.4, 0.5) is 14.5 Å². The minimum Gasteiger partial charge on any atom is -0.497 e. The number of carbonyl (C=O) groups is 1. The molecule has 0 saturated heterocycles. The van der Waals surface area contributed by atoms with E-state index in [1.54, 1.807) is 38.3 Å². The predicted octanol–water partition coefficient (Wildman–Crippen LogP) is 3.01. The van der Waals surface area contributed by atoms with Crippen LogP contribution in [-0.2, 0) is 14.8 Å². The summed E-state index contributed by atoms with van der Waals surface area (Å²) in [5, 5.41) is 2.73. The van der Waals surface area contributed by atoms with E-state index in [1.165, 1.54) is 6.92 Å². The first-order chi connectivity index (χ1) is 13.0. The third-order valence-corrected chi connectivity index (χ3v) is 5.46. The second-order valence-electron chi connectivity index (χ2n) is 6.34. The summed E-state index contributed by atoms with van der Waals surface area (Å²) in [6, 6.07) is 8.11. The van der Waals surface area contributed by atoms with Crippen molar-refractivity contribution in [2.24, 2.45) is 0 Å². The number of hydrogen-bond acceptors (Lipinski definition) is 4. The number of rotatable bonds is 7. The molecule has 0 aliphatic carbocycles. The van der Waals surface area contributed by atoms with E-state index in [4.69, 9.17) is 4.74 Å². The molecule has 152 valence electrons. The molecule has 1 N–H and O–H groups in total. The molecule has 0 unspecified atom stereocenters. The maximum absolute atomic E-state index is 13.6. The van der Waals surface area contributed by atoms with Crippen molar-refractivity contribution in [3.8, 4) is 5.75 Å². The summed E-state index contributed by atoms with van der Waals surface area (Å²) in [5.74, 6) is -2.23. The average molecular weight is 412 g/mol. The van der Waals surface area contributed by atoms with Gasteiger partial charge in [0.15, 0.2) is 11.6 Å². The van der Waals surface area contributed by atoms with Crippen LogP contribution in [0, 0.1) is 11.6 Å². The highest BCUT2D eigenvalue weighted by atomic mass is 32.2. The number of nitrogens with one attached hydrogen (secondary N) is 1. The van der Waals surface area contributed by atoms with Crippen molar-refractivity contribution in [2.75, 3.05) is 17.7 Å². The Hall–Kier alpha value is -2.68. The number of benzene rings is 2. The Morgan fingerprint density at radius 1 is 1.07 bits per heavy atom. The molecular weight excluding hydrogens is 390 g/mol. The molecule has 28 heavy (non-hydrogen) atoms. The lowest BCUT2D eigenvalue weighted by atomic mass is 10.1. The lowest BCUT2D eigenvalue weighted by Gasteiger charge is -2.29. The summed E-state index contributed by atoms with van der Waals surface area (Å²) in [4.78, 5) is 12.7. The number of anilines is 1. The van der Waals surface area contributed by atoms with Crippen LogP contribution in [0.1, 0.15) is 25.5 Å². The summed E-state index contributed by atoms with van der Waals surface area (Å²) >= 11 is 0. The van der Waals surface area contributed by atoms with Gasteiger partial charge in [-0.25, -0.2) is 17.2 Å². The van der Waals surface area contributed by atoms with Crippen molar-refractivity contribution < 1.29 is 26.7 Å². The van der Waals surface area contributed by atoms with E-state index >= 15 is 0 Å². The Morgan fingerprint density at radius 2 is 1.68 bits per heavy atom. The zero-order valence-electron chi connectivity index (χ0n) is 15.9. The molecule has 9 heteroatoms. The third kappa shape index (κ3) is 4.98. The van der Waals surface area contributed by atoms with Gasteiger partial charge in [0.2, 0.25) is 15.9 Å². The van der Waals surface area contributed by atoms with Crippen LogP contribution in [0.5, 0.6) is 5.75 Å². The highest BCUT2D eigenvalue weighted by molar-refractivity contribution is 7.92. The molecule has 0 radical (unpaired) electrons. The smallest absolute Gasteiger partial charge is 0.244 e. The van der Waals surface area contributed by atoms with Gasteiger partial charge in [-0.15, -0.1) is 0 Å². The molecular formula is C19H22F2N2O4S. The maximum atomic E-state index is 13.6. The Labute approximate surface area is 163 Å². The van der Waals surface area contributed by atoms with E-state index in [-0.39, 0.29) is 5.69 Å². The number of nitrogens with zero attached hydrogens (tertiary/aromatic N) is 1. The van der Waals surface area contributed by atoms with Gasteiger partial charge in [-0.3, -0.25) is 9.10 Å². The van der Waals surface area contributed by atoms with E-state index in [0.29, 0.717) is 5.75 Å². The lowest BCUT2D eigenvalue weighted by molar-refractivity contribution is -0.122. The van der Waals surface area contributed by atoms with Crippen LogP contribution in [0.15, 0.2) is 42.5 Å². The monoisotopic (exact) mass is 412 g/mol. The molecule has 0 aromatic heterocycles. The number of methoxy groups -OCH3 is 1. The summed E-state index contributed by atoms with van der Waals surface area (Å²) in [6.45, 7) is 3.12. The number of ether oxygens (including phenoxy) is 1. The Balaban J connectivity index is 2.24. The molecule has 2 aromatic rings. The maximum Gasteiger partial charge on any atom is 0.244 e. The molecule has 2 rings (SSSR count). The fourth-order valence-electron chi connectivity index (χ4n) is 2.74. The third-order valence-electron chi connectivity index (χ3n) is 4.22. The van der Waals surface area contributed by atoms with E-state index < -0.39 is 39.6 Å². The molecule has 0 heterocycles. The predicted molar refractivity (Wildman–Crippen MR) is 103 cm³/mol. The number of carbonyl (C=O) groups excluding carboxylic acids is 1. The number of sulfonamides is 1. The topological polar surface area (TPSA) is 75.7 Å². The second-order valence-corrected chi connectivity index (χ2v) is 8.20. The average Bonchev–Trinajstić information content (AvgIpc) is 2.63. The molecule has 0 aliphatic rings. The molecule has 2 atom stereocenters. The molecule has 2 aromatic carbocycles. The van der Waals surface area contributed by atoms with Gasteiger partial charge in [-0.1, -0.05) is 12.1 Å². The summed E-state index contributed by atoms with van der Waals surface area (Å²) < 4.78 is 57.1. The SMILES string of the molecule is COc1ccc([C@H](C)NC(=O)[C@H](C)N(c2ccc(F)c(F)c2)S(C)(=O)=O)cc1. The number of halogens is 2. The number of amides is 1.